The number of amides is 1. The molecule has 102 valence electrons. The molecule has 1 aliphatic heterocycles. The molecule has 0 radical (unpaired) electrons. The van der Waals surface area contributed by atoms with E-state index in [1.165, 1.54) is 11.0 Å². The van der Waals surface area contributed by atoms with Crippen LogP contribution in [0, 0.1) is 6.92 Å². The number of nitrogens with zero attached hydrogens (tertiary/aromatic N) is 1. The Kier molecular flexibility index (Phi) is 3.44. The first-order valence-electron chi connectivity index (χ1n) is 5.98. The standard InChI is InChI=1S/C13H16N2O4/c1-7-2-3-8(4-10(7)14)12(17)15-6-9(16)5-11(15)13(18)19/h2-4,9,11,16H,5-6,14H2,1H3,(H,18,19). The second-order valence-corrected chi connectivity index (χ2v) is 4.77. The predicted octanol–water partition coefficient (Wildman–Crippen LogP) is 0.237. The summed E-state index contributed by atoms with van der Waals surface area (Å²) in [5.41, 5.74) is 7.42. The molecule has 1 amide bonds. The van der Waals surface area contributed by atoms with E-state index < -0.39 is 24.0 Å². The zero-order valence-electron chi connectivity index (χ0n) is 10.5. The molecule has 6 nitrogen and oxygen atoms in total. The summed E-state index contributed by atoms with van der Waals surface area (Å²) in [5.74, 6) is -1.53. The minimum absolute atomic E-state index is 0.0313. The number of carboxylic acid groups (broad SMARTS) is 1. The number of carbonyl (C=O) groups is 2. The van der Waals surface area contributed by atoms with Crippen LogP contribution in [0.1, 0.15) is 22.3 Å². The van der Waals surface area contributed by atoms with Crippen LogP contribution in [-0.2, 0) is 4.79 Å². The monoisotopic (exact) mass is 264 g/mol. The Labute approximate surface area is 110 Å². The number of β-amino-alcohol motifs (C(OH)–C–C–N with tert-alkyl or cyclic N) is 1. The fraction of sp³-hybridized carbons (Fsp3) is 0.385. The molecule has 1 aromatic carbocycles. The summed E-state index contributed by atoms with van der Waals surface area (Å²) in [6.45, 7) is 1.85. The van der Waals surface area contributed by atoms with E-state index in [-0.39, 0.29) is 13.0 Å². The van der Waals surface area contributed by atoms with Crippen molar-refractivity contribution in [1.82, 2.24) is 4.90 Å². The molecule has 2 unspecified atom stereocenters. The lowest BCUT2D eigenvalue weighted by atomic mass is 10.1. The Morgan fingerprint density at radius 3 is 2.68 bits per heavy atom. The van der Waals surface area contributed by atoms with Crippen LogP contribution >= 0.6 is 0 Å². The molecule has 0 saturated carbocycles. The highest BCUT2D eigenvalue weighted by Crippen LogP contribution is 2.22. The highest BCUT2D eigenvalue weighted by Gasteiger charge is 2.39. The van der Waals surface area contributed by atoms with E-state index in [9.17, 15) is 14.7 Å². The van der Waals surface area contributed by atoms with Gasteiger partial charge in [-0.3, -0.25) is 4.79 Å². The Morgan fingerprint density at radius 2 is 2.11 bits per heavy atom. The third kappa shape index (κ3) is 2.53. The first kappa shape index (κ1) is 13.4. The van der Waals surface area contributed by atoms with Crippen LogP contribution in [0.3, 0.4) is 0 Å². The largest absolute Gasteiger partial charge is 0.480 e. The summed E-state index contributed by atoms with van der Waals surface area (Å²) in [4.78, 5) is 24.5. The number of likely N-dealkylation sites (tertiary alicyclic amines) is 1. The molecular weight excluding hydrogens is 248 g/mol. The normalized spacial score (nSPS) is 22.5. The molecule has 1 aromatic rings. The summed E-state index contributed by atoms with van der Waals surface area (Å²) in [7, 11) is 0. The maximum Gasteiger partial charge on any atom is 0.326 e. The fourth-order valence-corrected chi connectivity index (χ4v) is 2.21. The fourth-order valence-electron chi connectivity index (χ4n) is 2.21. The highest BCUT2D eigenvalue weighted by molar-refractivity contribution is 5.97. The predicted molar refractivity (Wildman–Crippen MR) is 68.7 cm³/mol. The molecule has 1 fully saturated rings. The van der Waals surface area contributed by atoms with Crippen LogP contribution in [0.4, 0.5) is 5.69 Å². The third-order valence-electron chi connectivity index (χ3n) is 3.35. The molecule has 4 N–H and O–H groups in total. The molecule has 1 aliphatic rings. The molecule has 19 heavy (non-hydrogen) atoms. The van der Waals surface area contributed by atoms with E-state index >= 15 is 0 Å². The Balaban J connectivity index is 2.27. The van der Waals surface area contributed by atoms with Crippen LogP contribution < -0.4 is 5.73 Å². The van der Waals surface area contributed by atoms with Crippen molar-refractivity contribution in [3.05, 3.63) is 29.3 Å². The van der Waals surface area contributed by atoms with Gasteiger partial charge in [0.25, 0.3) is 5.91 Å². The molecule has 2 rings (SSSR count). The van der Waals surface area contributed by atoms with Crippen LogP contribution in [0.15, 0.2) is 18.2 Å². The summed E-state index contributed by atoms with van der Waals surface area (Å²) in [6.07, 6.45) is -0.740. The molecule has 0 aliphatic carbocycles. The number of aryl methyl sites for hydroxylation is 1. The number of nitrogens with two attached hydrogens (primary N) is 1. The Bertz CT molecular complexity index is 529. The van der Waals surface area contributed by atoms with Gasteiger partial charge >= 0.3 is 5.97 Å². The number of nitrogen functional groups attached to an aromatic ring is 1. The number of aliphatic hydroxyl groups excluding tert-OH is 1. The van der Waals surface area contributed by atoms with Crippen molar-refractivity contribution < 1.29 is 19.8 Å². The van der Waals surface area contributed by atoms with E-state index in [4.69, 9.17) is 10.8 Å². The first-order valence-corrected chi connectivity index (χ1v) is 5.98. The van der Waals surface area contributed by atoms with Crippen LogP contribution in [0.2, 0.25) is 0 Å². The Hall–Kier alpha value is -2.08. The van der Waals surface area contributed by atoms with Crippen molar-refractivity contribution in [3.8, 4) is 0 Å². The number of hydrogen-bond acceptors (Lipinski definition) is 4. The van der Waals surface area contributed by atoms with Crippen LogP contribution in [0.5, 0.6) is 0 Å². The van der Waals surface area contributed by atoms with E-state index in [2.05, 4.69) is 0 Å². The molecule has 0 bridgehead atoms. The molecule has 0 aromatic heterocycles. The zero-order chi connectivity index (χ0) is 14.2. The van der Waals surface area contributed by atoms with Gasteiger partial charge in [-0.25, -0.2) is 4.79 Å². The van der Waals surface area contributed by atoms with Gasteiger partial charge in [-0.1, -0.05) is 6.07 Å². The maximum absolute atomic E-state index is 12.3. The highest BCUT2D eigenvalue weighted by atomic mass is 16.4. The number of benzene rings is 1. The molecule has 0 spiro atoms. The van der Waals surface area contributed by atoms with E-state index in [0.29, 0.717) is 11.3 Å². The number of anilines is 1. The number of carbonyl (C=O) groups excluding carboxylic acids is 1. The van der Waals surface area contributed by atoms with Gasteiger partial charge in [-0.2, -0.15) is 0 Å². The average molecular weight is 264 g/mol. The van der Waals surface area contributed by atoms with Crippen molar-refractivity contribution in [2.75, 3.05) is 12.3 Å². The molecule has 1 heterocycles. The lowest BCUT2D eigenvalue weighted by Crippen LogP contribution is -2.40. The summed E-state index contributed by atoms with van der Waals surface area (Å²) >= 11 is 0. The van der Waals surface area contributed by atoms with Crippen molar-refractivity contribution in [1.29, 1.82) is 0 Å². The second kappa shape index (κ2) is 4.89. The number of carboxylic acids is 1. The van der Waals surface area contributed by atoms with E-state index in [0.717, 1.165) is 5.56 Å². The minimum Gasteiger partial charge on any atom is -0.480 e. The average Bonchev–Trinajstić information content (AvgIpc) is 2.74. The molecular formula is C13H16N2O4. The van der Waals surface area contributed by atoms with E-state index in [1.54, 1.807) is 12.1 Å². The quantitative estimate of drug-likeness (QED) is 0.664. The summed E-state index contributed by atoms with van der Waals surface area (Å²) in [5, 5.41) is 18.6. The van der Waals surface area contributed by atoms with Gasteiger partial charge in [-0.15, -0.1) is 0 Å². The number of hydrogen-bond donors (Lipinski definition) is 3. The third-order valence-corrected chi connectivity index (χ3v) is 3.35. The van der Waals surface area contributed by atoms with Crippen molar-refractivity contribution >= 4 is 17.6 Å². The van der Waals surface area contributed by atoms with Gasteiger partial charge in [0.05, 0.1) is 6.10 Å². The van der Waals surface area contributed by atoms with Gasteiger partial charge < -0.3 is 20.8 Å². The van der Waals surface area contributed by atoms with Gasteiger partial charge in [0.1, 0.15) is 6.04 Å². The van der Waals surface area contributed by atoms with Crippen molar-refractivity contribution in [2.24, 2.45) is 0 Å². The van der Waals surface area contributed by atoms with Crippen LogP contribution in [-0.4, -0.2) is 45.7 Å². The lowest BCUT2D eigenvalue weighted by Gasteiger charge is -2.21. The van der Waals surface area contributed by atoms with Gasteiger partial charge in [0.15, 0.2) is 0 Å². The summed E-state index contributed by atoms with van der Waals surface area (Å²) in [6, 6.07) is 3.87. The lowest BCUT2D eigenvalue weighted by molar-refractivity contribution is -0.141. The van der Waals surface area contributed by atoms with Crippen molar-refractivity contribution in [3.63, 3.8) is 0 Å². The SMILES string of the molecule is Cc1ccc(C(=O)N2CC(O)CC2C(=O)O)cc1N. The van der Waals surface area contributed by atoms with Gasteiger partial charge in [0.2, 0.25) is 0 Å². The topological polar surface area (TPSA) is 104 Å². The zero-order valence-corrected chi connectivity index (χ0v) is 10.5. The van der Waals surface area contributed by atoms with Gasteiger partial charge in [0, 0.05) is 24.2 Å². The molecule has 1 saturated heterocycles. The van der Waals surface area contributed by atoms with Crippen LogP contribution in [0.25, 0.3) is 0 Å². The smallest absolute Gasteiger partial charge is 0.326 e. The van der Waals surface area contributed by atoms with E-state index in [1.807, 2.05) is 6.92 Å². The van der Waals surface area contributed by atoms with Crippen molar-refractivity contribution in [2.45, 2.75) is 25.5 Å². The summed E-state index contributed by atoms with van der Waals surface area (Å²) < 4.78 is 0. The number of aliphatic hydroxyl groups is 1. The maximum atomic E-state index is 12.3. The molecule has 6 heteroatoms. The number of rotatable bonds is 2. The minimum atomic E-state index is -1.11. The Morgan fingerprint density at radius 1 is 1.42 bits per heavy atom. The van der Waals surface area contributed by atoms with Gasteiger partial charge in [-0.05, 0) is 24.6 Å². The number of aliphatic carboxylic acids is 1. The second-order valence-electron chi connectivity index (χ2n) is 4.77. The first-order chi connectivity index (χ1) is 8.90. The molecule has 2 atom stereocenters.